The lowest BCUT2D eigenvalue weighted by Gasteiger charge is -2.32. The molecular weight excluding hydrogens is 264 g/mol. The van der Waals surface area contributed by atoms with Gasteiger partial charge in [-0.05, 0) is 50.6 Å². The van der Waals surface area contributed by atoms with Crippen molar-refractivity contribution in [1.29, 1.82) is 0 Å². The summed E-state index contributed by atoms with van der Waals surface area (Å²) in [5, 5.41) is 0. The number of carbonyl (C=O) groups excluding carboxylic acids is 1. The molecule has 1 amide bonds. The van der Waals surface area contributed by atoms with Crippen molar-refractivity contribution in [1.82, 2.24) is 4.90 Å². The van der Waals surface area contributed by atoms with E-state index in [1.165, 1.54) is 38.8 Å². The molecule has 2 fully saturated rings. The first-order valence-electron chi connectivity index (χ1n) is 7.83. The molecule has 0 aliphatic carbocycles. The van der Waals surface area contributed by atoms with Crippen LogP contribution in [0.3, 0.4) is 0 Å². The second-order valence-corrected chi connectivity index (χ2v) is 6.12. The van der Waals surface area contributed by atoms with Crippen molar-refractivity contribution < 1.29 is 4.79 Å². The van der Waals surface area contributed by atoms with Crippen molar-refractivity contribution in [3.8, 4) is 0 Å². The molecule has 2 aliphatic heterocycles. The van der Waals surface area contributed by atoms with Gasteiger partial charge in [-0.15, -0.1) is 0 Å². The highest BCUT2D eigenvalue weighted by atomic mass is 16.1. The number of benzene rings is 1. The summed E-state index contributed by atoms with van der Waals surface area (Å²) in [6, 6.07) is 6.02. The fraction of sp³-hybridized carbons (Fsp3) is 0.562. The minimum absolute atomic E-state index is 0.430. The van der Waals surface area contributed by atoms with Crippen LogP contribution in [0.5, 0.6) is 0 Å². The molecule has 1 unspecified atom stereocenters. The Morgan fingerprint density at radius 3 is 2.57 bits per heavy atom. The number of hydrogen-bond donors (Lipinski definition) is 2. The van der Waals surface area contributed by atoms with Gasteiger partial charge in [-0.1, -0.05) is 6.42 Å². The number of amides is 1. The molecular formula is C16H24N4O. The molecule has 114 valence electrons. The number of primary amides is 1. The number of rotatable bonds is 3. The molecule has 0 saturated carbocycles. The highest BCUT2D eigenvalue weighted by Crippen LogP contribution is 2.29. The predicted molar refractivity (Wildman–Crippen MR) is 85.4 cm³/mol. The lowest BCUT2D eigenvalue weighted by molar-refractivity contribution is 0.100. The van der Waals surface area contributed by atoms with Crippen LogP contribution in [0.1, 0.15) is 36.0 Å². The molecule has 2 aliphatic rings. The van der Waals surface area contributed by atoms with Crippen LogP contribution in [0.25, 0.3) is 0 Å². The summed E-state index contributed by atoms with van der Waals surface area (Å²) in [5.41, 5.74) is 13.5. The molecule has 5 nitrogen and oxygen atoms in total. The maximum atomic E-state index is 11.2. The van der Waals surface area contributed by atoms with E-state index in [9.17, 15) is 4.79 Å². The van der Waals surface area contributed by atoms with Crippen LogP contribution in [0.2, 0.25) is 0 Å². The van der Waals surface area contributed by atoms with E-state index < -0.39 is 5.91 Å². The highest BCUT2D eigenvalue weighted by Gasteiger charge is 2.29. The van der Waals surface area contributed by atoms with E-state index in [-0.39, 0.29) is 0 Å². The number of carbonyl (C=O) groups is 1. The van der Waals surface area contributed by atoms with Crippen molar-refractivity contribution >= 4 is 17.3 Å². The zero-order chi connectivity index (χ0) is 14.8. The summed E-state index contributed by atoms with van der Waals surface area (Å²) in [4.78, 5) is 16.1. The first-order chi connectivity index (χ1) is 10.1. The molecule has 0 spiro atoms. The summed E-state index contributed by atoms with van der Waals surface area (Å²) >= 11 is 0. The first-order valence-corrected chi connectivity index (χ1v) is 7.83. The Kier molecular flexibility index (Phi) is 4.01. The molecule has 5 heteroatoms. The monoisotopic (exact) mass is 288 g/mol. The molecule has 2 heterocycles. The van der Waals surface area contributed by atoms with Crippen LogP contribution in [0.4, 0.5) is 11.4 Å². The van der Waals surface area contributed by atoms with E-state index >= 15 is 0 Å². The number of anilines is 2. The fourth-order valence-electron chi connectivity index (χ4n) is 3.54. The second-order valence-electron chi connectivity index (χ2n) is 6.12. The van der Waals surface area contributed by atoms with Gasteiger partial charge in [0.1, 0.15) is 0 Å². The number of nitrogens with two attached hydrogens (primary N) is 2. The van der Waals surface area contributed by atoms with E-state index in [1.54, 1.807) is 12.1 Å². The Hall–Kier alpha value is -1.75. The quantitative estimate of drug-likeness (QED) is 0.825. The standard InChI is InChI=1S/C16H24N4O/c17-14-10-12(16(18)21)4-5-15(14)20-9-6-13(11-20)19-7-2-1-3-8-19/h4-5,10,13H,1-3,6-9,11,17H2,(H2,18,21). The van der Waals surface area contributed by atoms with Crippen molar-refractivity contribution in [3.05, 3.63) is 23.8 Å². The summed E-state index contributed by atoms with van der Waals surface area (Å²) in [6.45, 7) is 4.52. The van der Waals surface area contributed by atoms with Gasteiger partial charge in [0, 0.05) is 24.7 Å². The van der Waals surface area contributed by atoms with Gasteiger partial charge in [-0.3, -0.25) is 9.69 Å². The zero-order valence-electron chi connectivity index (χ0n) is 12.4. The smallest absolute Gasteiger partial charge is 0.248 e. The van der Waals surface area contributed by atoms with Crippen molar-refractivity contribution in [2.45, 2.75) is 31.7 Å². The molecule has 0 bridgehead atoms. The number of likely N-dealkylation sites (tertiary alicyclic amines) is 1. The van der Waals surface area contributed by atoms with E-state index in [1.807, 2.05) is 6.07 Å². The van der Waals surface area contributed by atoms with Crippen LogP contribution < -0.4 is 16.4 Å². The van der Waals surface area contributed by atoms with Gasteiger partial charge >= 0.3 is 0 Å². The number of piperidine rings is 1. The van der Waals surface area contributed by atoms with Gasteiger partial charge in [-0.25, -0.2) is 0 Å². The molecule has 3 rings (SSSR count). The van der Waals surface area contributed by atoms with Gasteiger partial charge in [0.2, 0.25) is 5.91 Å². The van der Waals surface area contributed by atoms with E-state index in [0.717, 1.165) is 18.8 Å². The third kappa shape index (κ3) is 2.97. The second kappa shape index (κ2) is 5.93. The molecule has 2 saturated heterocycles. The van der Waals surface area contributed by atoms with E-state index in [0.29, 0.717) is 17.3 Å². The molecule has 1 aromatic rings. The topological polar surface area (TPSA) is 75.6 Å². The van der Waals surface area contributed by atoms with Gasteiger partial charge in [0.15, 0.2) is 0 Å². The van der Waals surface area contributed by atoms with Crippen LogP contribution in [-0.4, -0.2) is 43.0 Å². The average molecular weight is 288 g/mol. The Bertz CT molecular complexity index is 525. The fourth-order valence-corrected chi connectivity index (χ4v) is 3.54. The lowest BCUT2D eigenvalue weighted by atomic mass is 10.1. The van der Waals surface area contributed by atoms with E-state index in [2.05, 4.69) is 9.80 Å². The molecule has 1 aromatic carbocycles. The van der Waals surface area contributed by atoms with Crippen LogP contribution in [-0.2, 0) is 0 Å². The maximum Gasteiger partial charge on any atom is 0.248 e. The summed E-state index contributed by atoms with van der Waals surface area (Å²) in [5.74, 6) is -0.430. The lowest BCUT2D eigenvalue weighted by Crippen LogP contribution is -2.40. The first kappa shape index (κ1) is 14.2. The maximum absolute atomic E-state index is 11.2. The van der Waals surface area contributed by atoms with Gasteiger partial charge < -0.3 is 16.4 Å². The van der Waals surface area contributed by atoms with Gasteiger partial charge in [-0.2, -0.15) is 0 Å². The molecule has 1 atom stereocenters. The zero-order valence-corrected chi connectivity index (χ0v) is 12.4. The summed E-state index contributed by atoms with van der Waals surface area (Å²) < 4.78 is 0. The van der Waals surface area contributed by atoms with Crippen molar-refractivity contribution in [3.63, 3.8) is 0 Å². The van der Waals surface area contributed by atoms with E-state index in [4.69, 9.17) is 11.5 Å². The Morgan fingerprint density at radius 2 is 1.90 bits per heavy atom. The van der Waals surface area contributed by atoms with Gasteiger partial charge in [0.05, 0.1) is 11.4 Å². The number of nitrogens with zero attached hydrogens (tertiary/aromatic N) is 2. The molecule has 0 radical (unpaired) electrons. The molecule has 0 aromatic heterocycles. The average Bonchev–Trinajstić information content (AvgIpc) is 2.97. The molecule has 21 heavy (non-hydrogen) atoms. The van der Waals surface area contributed by atoms with Gasteiger partial charge in [0.25, 0.3) is 0 Å². The molecule has 4 N–H and O–H groups in total. The van der Waals surface area contributed by atoms with Crippen LogP contribution in [0.15, 0.2) is 18.2 Å². The minimum Gasteiger partial charge on any atom is -0.397 e. The van der Waals surface area contributed by atoms with Crippen LogP contribution >= 0.6 is 0 Å². The third-order valence-corrected chi connectivity index (χ3v) is 4.72. The van der Waals surface area contributed by atoms with Crippen LogP contribution in [0, 0.1) is 0 Å². The third-order valence-electron chi connectivity index (χ3n) is 4.72. The number of nitrogen functional groups attached to an aromatic ring is 1. The minimum atomic E-state index is -0.430. The normalized spacial score (nSPS) is 23.4. The van der Waals surface area contributed by atoms with Crippen molar-refractivity contribution in [2.24, 2.45) is 5.73 Å². The Balaban J connectivity index is 1.69. The largest absolute Gasteiger partial charge is 0.397 e. The van der Waals surface area contributed by atoms with Crippen molar-refractivity contribution in [2.75, 3.05) is 36.8 Å². The highest BCUT2D eigenvalue weighted by molar-refractivity contribution is 5.94. The number of hydrogen-bond acceptors (Lipinski definition) is 4. The Morgan fingerprint density at radius 1 is 1.14 bits per heavy atom. The summed E-state index contributed by atoms with van der Waals surface area (Å²) in [6.07, 6.45) is 5.21. The predicted octanol–water partition coefficient (Wildman–Crippen LogP) is 1.43. The Labute approximate surface area is 125 Å². The SMILES string of the molecule is NC(=O)c1ccc(N2CCC(N3CCCCC3)C2)c(N)c1. The summed E-state index contributed by atoms with van der Waals surface area (Å²) in [7, 11) is 0.